The van der Waals surface area contributed by atoms with Gasteiger partial charge in [-0.15, -0.1) is 0 Å². The van der Waals surface area contributed by atoms with Gasteiger partial charge in [-0.25, -0.2) is 0 Å². The number of carbonyl (C=O) groups is 4. The van der Waals surface area contributed by atoms with E-state index in [0.29, 0.717) is 0 Å². The first kappa shape index (κ1) is 157. The zero-order valence-corrected chi connectivity index (χ0v) is 71.3. The van der Waals surface area contributed by atoms with Crippen LogP contribution in [0.3, 0.4) is 0 Å². The van der Waals surface area contributed by atoms with Crippen LogP contribution in [0, 0.1) is 0 Å². The maximum Gasteiger partial charge on any atom is 2.00 e. The molecule has 33 heteroatoms. The van der Waals surface area contributed by atoms with E-state index in [4.69, 9.17) is 67.3 Å². The van der Waals surface area contributed by atoms with E-state index >= 15 is 0 Å². The van der Waals surface area contributed by atoms with Crippen molar-refractivity contribution in [3.05, 3.63) is 0 Å². The third kappa shape index (κ3) is 506. The van der Waals surface area contributed by atoms with E-state index in [1.54, 1.807) is 0 Å². The Bertz CT molecular complexity index is 385. The molecule has 0 rings (SSSR count). The quantitative estimate of drug-likeness (QED) is 0.0774. The van der Waals surface area contributed by atoms with Crippen LogP contribution in [0.4, 0.5) is 9.59 Å². The minimum atomic E-state index is -5.17. The third-order valence-electron chi connectivity index (χ3n) is 0. The third-order valence-corrected chi connectivity index (χ3v) is 0. The largest absolute Gasteiger partial charge is 2.00 e. The first-order valence-corrected chi connectivity index (χ1v) is 4.62. The summed E-state index contributed by atoms with van der Waals surface area (Å²) in [5, 5.41) is 49.1. The van der Waals surface area contributed by atoms with E-state index in [-0.39, 0.29) is 643 Å². The molecule has 0 radical (unpaired) electrons. The predicted molar refractivity (Wildman–Crippen MR) is 56.7 cm³/mol. The number of halogens is 3. The Kier molecular flexibility index (Phi) is 576. The summed E-state index contributed by atoms with van der Waals surface area (Å²) in [6.07, 6.45) is -4.42. The number of carbonyl (C=O) groups excluding carboxylic acids is 3. The standard InChI is InChI=1S/C2H4O2.2CH2O3.CH2O2.2BrH.Ca.4Cs.HI.3K.Li.Mg.2Na.H2O4S.2H2O.O/c1-2(3)4;2*2-1(3)4;2-1-3;;;;;;;;;;;;;;;;1-5(2,3)4;;;/h1H3,(H,3,4);2*(H2,2,3,4);1H,(H,2,3);2*1H;;;;;;1H;;;;;;;;(H2,1,2,3,4);2*1H2;/q;;;;;;+2;4*+1;;4*+1;+2;2*+1;;;;-2/p-12. The van der Waals surface area contributed by atoms with Gasteiger partial charge in [-0.05, 0) is 13.1 Å². The monoisotopic (exact) mass is 1420 g/mol. The second-order valence-electron chi connectivity index (χ2n) is 1.51. The van der Waals surface area contributed by atoms with Crippen LogP contribution >= 0.6 is 0 Å². The molecule has 38 heavy (non-hydrogen) atoms. The first-order valence-electron chi connectivity index (χ1n) is 3.29. The van der Waals surface area contributed by atoms with Gasteiger partial charge < -0.3 is 133 Å². The van der Waals surface area contributed by atoms with E-state index in [1.165, 1.54) is 0 Å². The zero-order chi connectivity index (χ0) is 17.9. The molecule has 0 aromatic carbocycles. The summed E-state index contributed by atoms with van der Waals surface area (Å²) >= 11 is 0. The van der Waals surface area contributed by atoms with Gasteiger partial charge in [-0.2, -0.15) is 0 Å². The molecule has 0 aliphatic rings. The molecule has 0 aliphatic carbocycles. The summed E-state index contributed by atoms with van der Waals surface area (Å²) in [5.41, 5.74) is 0. The fraction of sp³-hybridized carbons (Fsp3) is 0.200. The summed E-state index contributed by atoms with van der Waals surface area (Å²) in [6.45, 7) is 0.472. The topological polar surface area (TPSA) is 373 Å². The second-order valence-corrected chi connectivity index (χ2v) is 2.33. The molecule has 0 saturated heterocycles. The number of carboxylic acid groups (broad SMARTS) is 6. The average Bonchev–Trinajstić information content (AvgIpc) is 1.95. The fourth-order valence-electron chi connectivity index (χ4n) is 0. The zero-order valence-electron chi connectivity index (χ0n) is 23.1. The van der Waals surface area contributed by atoms with Gasteiger partial charge in [0, 0.05) is 22.8 Å². The molecule has 0 aromatic heterocycles. The molecule has 0 aliphatic heterocycles. The SMILES string of the molecule is CC(=O)[O-].O=C([O-])O.O=C([O-])[O-].O=C[O-].O=S(=O)([O-])[O-].[Br-].[Br-].[Ca+2].[Cs+].[Cs+].[Cs+].[Cs+].[I-].[K+].[K+].[K+].[Li+].[Mg+2].[Na+].[Na+].[O-2].[OH-].[OH-]. The molecular formula is C5H7Br2CaCs4IK3LiMgNa2O17S. The second kappa shape index (κ2) is 140. The van der Waals surface area contributed by atoms with E-state index in [0.717, 1.165) is 6.92 Å². The Balaban J connectivity index is -0.00000000316. The molecule has 0 atom stereocenters. The minimum absolute atomic E-state index is 0. The molecule has 0 bridgehead atoms. The van der Waals surface area contributed by atoms with Crippen molar-refractivity contribution in [3.63, 3.8) is 0 Å². The van der Waals surface area contributed by atoms with Gasteiger partial charge in [0.15, 0.2) is 0 Å². The van der Waals surface area contributed by atoms with Crippen LogP contribution in [0.15, 0.2) is 0 Å². The van der Waals surface area contributed by atoms with Crippen molar-refractivity contribution in [1.29, 1.82) is 0 Å². The maximum absolute atomic E-state index is 8.89. The van der Waals surface area contributed by atoms with Gasteiger partial charge in [0.25, 0.3) is 0 Å². The Morgan fingerprint density at radius 1 is 0.789 bits per heavy atom. The Labute approximate surface area is 724 Å². The van der Waals surface area contributed by atoms with E-state index < -0.39 is 35.2 Å². The molecule has 0 saturated carbocycles. The van der Waals surface area contributed by atoms with E-state index in [1.807, 2.05) is 0 Å². The molecule has 0 fully saturated rings. The Morgan fingerprint density at radius 2 is 0.789 bits per heavy atom. The van der Waals surface area contributed by atoms with Crippen LogP contribution in [0.2, 0.25) is 0 Å². The molecular weight excluding hydrogens is 1420 g/mol. The molecule has 0 amide bonds. The molecule has 0 heterocycles. The van der Waals surface area contributed by atoms with Gasteiger partial charge >= 0.3 is 568 Å². The van der Waals surface area contributed by atoms with Crippen molar-refractivity contribution in [2.24, 2.45) is 0 Å². The van der Waals surface area contributed by atoms with Crippen LogP contribution in [-0.2, 0) is 25.5 Å². The van der Waals surface area contributed by atoms with Crippen molar-refractivity contribution < 1.29 is 649 Å². The molecule has 17 nitrogen and oxygen atoms in total. The van der Waals surface area contributed by atoms with Crippen LogP contribution in [0.5, 0.6) is 0 Å². The number of rotatable bonds is 0. The van der Waals surface area contributed by atoms with Crippen LogP contribution < -0.4 is 591 Å². The van der Waals surface area contributed by atoms with E-state index in [2.05, 4.69) is 0 Å². The van der Waals surface area contributed by atoms with Crippen molar-refractivity contribution in [3.8, 4) is 0 Å². The van der Waals surface area contributed by atoms with E-state index in [9.17, 15) is 0 Å². The fourth-order valence-corrected chi connectivity index (χ4v) is 0. The molecule has 0 unspecified atom stereocenters. The molecule has 170 valence electrons. The molecule has 0 aromatic rings. The van der Waals surface area contributed by atoms with Gasteiger partial charge in [0.1, 0.15) is 0 Å². The Hall–Kier alpha value is 16.7. The summed E-state index contributed by atoms with van der Waals surface area (Å²) in [4.78, 5) is 33.9. The first-order chi connectivity index (χ1) is 8.61. The van der Waals surface area contributed by atoms with Crippen LogP contribution in [0.25, 0.3) is 0 Å². The van der Waals surface area contributed by atoms with Crippen molar-refractivity contribution in [1.82, 2.24) is 0 Å². The number of hydrogen-bond donors (Lipinski definition) is 1. The number of aliphatic carboxylic acids is 1. The van der Waals surface area contributed by atoms with Gasteiger partial charge in [0.05, 0.1) is 0 Å². The average molecular weight is 1420 g/mol. The molecule has 0 spiro atoms. The predicted octanol–water partition coefficient (Wildman–Crippen LogP) is -48.0. The summed E-state index contributed by atoms with van der Waals surface area (Å²) in [6, 6.07) is 0. The summed E-state index contributed by atoms with van der Waals surface area (Å²) in [5.74, 6) is -1.08. The van der Waals surface area contributed by atoms with Crippen molar-refractivity contribution >= 4 is 95.9 Å². The summed E-state index contributed by atoms with van der Waals surface area (Å²) in [7, 11) is -5.17. The van der Waals surface area contributed by atoms with Crippen molar-refractivity contribution in [2.75, 3.05) is 0 Å². The molecule has 3 N–H and O–H groups in total. The maximum atomic E-state index is 8.89. The van der Waals surface area contributed by atoms with Gasteiger partial charge in [0.2, 0.25) is 6.16 Å². The normalized spacial score (nSPS) is 3.76. The number of hydrogen-bond acceptors (Lipinski definition) is 15. The smallest absolute Gasteiger partial charge is 2.00 e. The minimum Gasteiger partial charge on any atom is -2.00 e. The Morgan fingerprint density at radius 3 is 0.789 bits per heavy atom. The van der Waals surface area contributed by atoms with Gasteiger partial charge in [-0.3, -0.25) is 8.42 Å². The van der Waals surface area contributed by atoms with Crippen LogP contribution in [0.1, 0.15) is 6.92 Å². The van der Waals surface area contributed by atoms with Gasteiger partial charge in [-0.1, -0.05) is 0 Å². The van der Waals surface area contributed by atoms with Crippen LogP contribution in [-0.4, -0.2) is 119 Å². The number of carboxylic acids is 1. The van der Waals surface area contributed by atoms with Crippen molar-refractivity contribution in [2.45, 2.75) is 6.92 Å². The summed E-state index contributed by atoms with van der Waals surface area (Å²) < 4.78 is 34.1.